The van der Waals surface area contributed by atoms with Crippen LogP contribution >= 0.6 is 0 Å². The Morgan fingerprint density at radius 2 is 1.30 bits per heavy atom. The van der Waals surface area contributed by atoms with Crippen molar-refractivity contribution in [3.63, 3.8) is 0 Å². The van der Waals surface area contributed by atoms with Gasteiger partial charge in [-0.15, -0.1) is 0 Å². The number of carbonyl (C=O) groups excluding carboxylic acids is 3. The molecule has 8 heteroatoms. The number of rotatable bonds is 13. The maximum Gasteiger partial charge on any atom is 0.314 e. The molecule has 2 rings (SSSR count). The van der Waals surface area contributed by atoms with Crippen molar-refractivity contribution >= 4 is 23.8 Å². The second-order valence-electron chi connectivity index (χ2n) is 13.4. The molecule has 0 bridgehead atoms. The molecule has 0 N–H and O–H groups in total. The molecule has 0 spiro atoms. The Morgan fingerprint density at radius 3 is 1.79 bits per heavy atom. The quantitative estimate of drug-likeness (QED) is 0.0996. The largest absolute Gasteiger partial charge is 0.490 e. The average molecular weight is 597 g/mol. The smallest absolute Gasteiger partial charge is 0.314 e. The van der Waals surface area contributed by atoms with Crippen molar-refractivity contribution in [2.75, 3.05) is 13.6 Å². The highest BCUT2D eigenvalue weighted by Gasteiger charge is 2.27. The molecule has 0 fully saturated rings. The highest BCUT2D eigenvalue weighted by molar-refractivity contribution is 6.07. The van der Waals surface area contributed by atoms with Crippen molar-refractivity contribution in [3.05, 3.63) is 59.2 Å². The molecule has 0 unspecified atom stereocenters. The average Bonchev–Trinajstić information content (AvgIpc) is 2.91. The van der Waals surface area contributed by atoms with Crippen LogP contribution < -0.4 is 14.2 Å². The van der Waals surface area contributed by atoms with E-state index in [2.05, 4.69) is 20.8 Å². The van der Waals surface area contributed by atoms with Gasteiger partial charge < -0.3 is 23.7 Å². The predicted molar refractivity (Wildman–Crippen MR) is 167 cm³/mol. The third kappa shape index (κ3) is 10.8. The van der Waals surface area contributed by atoms with Crippen LogP contribution in [0.15, 0.2) is 42.5 Å². The zero-order chi connectivity index (χ0) is 32.6. The molecule has 0 amide bonds. The summed E-state index contributed by atoms with van der Waals surface area (Å²) in [7, 11) is 0. The summed E-state index contributed by atoms with van der Waals surface area (Å²) in [5.74, 6) is 0.650. The lowest BCUT2D eigenvalue weighted by Crippen LogP contribution is -2.25. The van der Waals surface area contributed by atoms with Gasteiger partial charge in [0.15, 0.2) is 5.78 Å². The summed E-state index contributed by atoms with van der Waals surface area (Å²) in [6.45, 7) is 20.3. The van der Waals surface area contributed by atoms with Gasteiger partial charge in [-0.2, -0.15) is 0 Å². The summed E-state index contributed by atoms with van der Waals surface area (Å²) in [6, 6.07) is 10.4. The maximum absolute atomic E-state index is 13.1. The molecule has 0 radical (unpaired) electrons. The molecule has 0 aromatic heterocycles. The minimum atomic E-state index is -0.643. The van der Waals surface area contributed by atoms with Gasteiger partial charge in [-0.3, -0.25) is 14.4 Å². The first-order valence-corrected chi connectivity index (χ1v) is 14.6. The Balaban J connectivity index is 2.29. The molecule has 0 saturated carbocycles. The van der Waals surface area contributed by atoms with Crippen molar-refractivity contribution in [2.45, 2.75) is 94.1 Å². The molecule has 236 valence electrons. The lowest BCUT2D eigenvalue weighted by atomic mass is 9.80. The van der Waals surface area contributed by atoms with Crippen molar-refractivity contribution in [3.8, 4) is 17.2 Å². The van der Waals surface area contributed by atoms with Crippen LogP contribution in [0.1, 0.15) is 104 Å². The highest BCUT2D eigenvalue weighted by Crippen LogP contribution is 2.40. The zero-order valence-electron chi connectivity index (χ0n) is 27.6. The minimum absolute atomic E-state index is 0.130. The number of ether oxygens (including phenoxy) is 5. The first-order chi connectivity index (χ1) is 19.8. The fraction of sp³-hybridized carbons (Fsp3) is 0.514. The molecule has 0 heterocycles. The van der Waals surface area contributed by atoms with Gasteiger partial charge in [0.1, 0.15) is 17.2 Å². The van der Waals surface area contributed by atoms with Crippen LogP contribution in [0.4, 0.5) is 0 Å². The van der Waals surface area contributed by atoms with Crippen LogP contribution in [0.5, 0.6) is 17.2 Å². The van der Waals surface area contributed by atoms with Gasteiger partial charge in [0.25, 0.3) is 0 Å². The maximum atomic E-state index is 13.1. The van der Waals surface area contributed by atoms with E-state index in [-0.39, 0.29) is 42.8 Å². The third-order valence-corrected chi connectivity index (χ3v) is 6.69. The first kappa shape index (κ1) is 35.4. The predicted octanol–water partition coefficient (Wildman–Crippen LogP) is 7.91. The Bertz CT molecular complexity index is 1290. The number of ketones is 1. The SMILES string of the molecule is CCC(C)(C)c1cc(C=CC(=O)c2ccc(OCOC(=O)C(C)(C)C)cc2)c(OC(C)C)cc1OCOC(=O)C(C)(C)C. The zero-order valence-corrected chi connectivity index (χ0v) is 27.6. The second-order valence-corrected chi connectivity index (χ2v) is 13.4. The topological polar surface area (TPSA) is 97.4 Å². The minimum Gasteiger partial charge on any atom is -0.490 e. The lowest BCUT2D eigenvalue weighted by molar-refractivity contribution is -0.160. The number of allylic oxidation sites excluding steroid dienone is 1. The summed E-state index contributed by atoms with van der Waals surface area (Å²) in [5, 5.41) is 0. The number of hydrogen-bond acceptors (Lipinski definition) is 8. The molecule has 0 saturated heterocycles. The third-order valence-electron chi connectivity index (χ3n) is 6.69. The van der Waals surface area contributed by atoms with E-state index in [1.807, 2.05) is 19.9 Å². The summed E-state index contributed by atoms with van der Waals surface area (Å²) in [5.41, 5.74) is 0.556. The van der Waals surface area contributed by atoms with Gasteiger partial charge in [0, 0.05) is 22.8 Å². The summed E-state index contributed by atoms with van der Waals surface area (Å²) in [4.78, 5) is 37.2. The fourth-order valence-corrected chi connectivity index (χ4v) is 3.61. The highest BCUT2D eigenvalue weighted by atomic mass is 16.7. The molecule has 8 nitrogen and oxygen atoms in total. The van der Waals surface area contributed by atoms with Crippen LogP contribution in [-0.4, -0.2) is 37.4 Å². The molecule has 0 aliphatic rings. The Hall–Kier alpha value is -3.81. The van der Waals surface area contributed by atoms with Crippen LogP contribution in [0, 0.1) is 10.8 Å². The molecule has 2 aromatic rings. The molecular formula is C35H48O8. The van der Waals surface area contributed by atoms with Gasteiger partial charge in [-0.05, 0) is 110 Å². The van der Waals surface area contributed by atoms with Crippen molar-refractivity contribution in [1.82, 2.24) is 0 Å². The number of benzene rings is 2. The van der Waals surface area contributed by atoms with E-state index in [0.717, 1.165) is 17.5 Å². The van der Waals surface area contributed by atoms with Gasteiger partial charge in [-0.25, -0.2) is 0 Å². The van der Waals surface area contributed by atoms with Gasteiger partial charge in [0.05, 0.1) is 16.9 Å². The monoisotopic (exact) mass is 596 g/mol. The summed E-state index contributed by atoms with van der Waals surface area (Å²) in [6.07, 6.45) is 3.92. The molecule has 2 aromatic carbocycles. The molecular weight excluding hydrogens is 548 g/mol. The van der Waals surface area contributed by atoms with E-state index in [4.69, 9.17) is 23.7 Å². The van der Waals surface area contributed by atoms with Crippen molar-refractivity contribution in [2.24, 2.45) is 10.8 Å². The van der Waals surface area contributed by atoms with Gasteiger partial charge >= 0.3 is 11.9 Å². The lowest BCUT2D eigenvalue weighted by Gasteiger charge is -2.28. The van der Waals surface area contributed by atoms with Gasteiger partial charge in [-0.1, -0.05) is 20.8 Å². The molecule has 0 atom stereocenters. The van der Waals surface area contributed by atoms with E-state index in [0.29, 0.717) is 22.8 Å². The number of esters is 2. The van der Waals surface area contributed by atoms with Crippen LogP contribution in [0.25, 0.3) is 6.08 Å². The van der Waals surface area contributed by atoms with Crippen molar-refractivity contribution < 1.29 is 38.1 Å². The standard InChI is InChI=1S/C35H48O8/c1-12-35(10,11)27-19-25(29(43-23(2)3)20-30(27)40-22-42-32(38)34(7,8)9)15-18-28(36)24-13-16-26(17-14-24)39-21-41-31(37)33(4,5)6/h13-20,23H,12,21-22H2,1-11H3. The number of carbonyl (C=O) groups is 3. The van der Waals surface area contributed by atoms with E-state index in [1.54, 1.807) is 78.0 Å². The van der Waals surface area contributed by atoms with E-state index >= 15 is 0 Å². The molecule has 0 aliphatic heterocycles. The van der Waals surface area contributed by atoms with E-state index in [1.165, 1.54) is 6.08 Å². The molecule has 43 heavy (non-hydrogen) atoms. The second kappa shape index (κ2) is 14.6. The van der Waals surface area contributed by atoms with Crippen LogP contribution in [-0.2, 0) is 24.5 Å². The summed E-state index contributed by atoms with van der Waals surface area (Å²) >= 11 is 0. The van der Waals surface area contributed by atoms with Crippen LogP contribution in [0.2, 0.25) is 0 Å². The summed E-state index contributed by atoms with van der Waals surface area (Å²) < 4.78 is 28.0. The first-order valence-electron chi connectivity index (χ1n) is 14.6. The fourth-order valence-electron chi connectivity index (χ4n) is 3.61. The van der Waals surface area contributed by atoms with Gasteiger partial charge in [0.2, 0.25) is 13.6 Å². The van der Waals surface area contributed by atoms with E-state index in [9.17, 15) is 14.4 Å². The van der Waals surface area contributed by atoms with Crippen molar-refractivity contribution in [1.29, 1.82) is 0 Å². The van der Waals surface area contributed by atoms with Crippen LogP contribution in [0.3, 0.4) is 0 Å². The molecule has 0 aliphatic carbocycles. The Morgan fingerprint density at radius 1 is 0.767 bits per heavy atom. The Labute approximate surface area is 256 Å². The Kier molecular flexibility index (Phi) is 12.0. The normalized spacial score (nSPS) is 12.3. The number of hydrogen-bond donors (Lipinski definition) is 0. The van der Waals surface area contributed by atoms with E-state index < -0.39 is 10.8 Å².